The molecule has 2 aromatic carbocycles. The minimum atomic E-state index is -0.0290. The lowest BCUT2D eigenvalue weighted by Crippen LogP contribution is -2.22. The summed E-state index contributed by atoms with van der Waals surface area (Å²) < 4.78 is 11.2. The molecule has 0 spiro atoms. The van der Waals surface area contributed by atoms with Gasteiger partial charge in [0.25, 0.3) is 0 Å². The maximum atomic E-state index is 11.3. The third kappa shape index (κ3) is 3.67. The fraction of sp³-hybridized carbons (Fsp3) is 0.286. The quantitative estimate of drug-likeness (QED) is 0.677. The second kappa shape index (κ2) is 7.95. The van der Waals surface area contributed by atoms with E-state index in [0.717, 1.165) is 39.2 Å². The molecular weight excluding hydrogens is 328 g/mol. The molecule has 0 saturated heterocycles. The number of amides is 1. The van der Waals surface area contributed by atoms with Gasteiger partial charge in [0.15, 0.2) is 0 Å². The number of rotatable bonds is 7. The van der Waals surface area contributed by atoms with Gasteiger partial charge in [-0.05, 0) is 49.2 Å². The van der Waals surface area contributed by atoms with E-state index in [1.807, 2.05) is 43.3 Å². The van der Waals surface area contributed by atoms with Gasteiger partial charge in [-0.2, -0.15) is 0 Å². The molecule has 5 heteroatoms. The van der Waals surface area contributed by atoms with Gasteiger partial charge in [0.1, 0.15) is 11.5 Å². The SMILES string of the molecule is CCOc1ccccc1-c1[nH]c2ccc(OC)cc2c1CCNC(C)=O. The van der Waals surface area contributed by atoms with Gasteiger partial charge in [0.05, 0.1) is 19.4 Å². The molecule has 0 aliphatic rings. The Morgan fingerprint density at radius 2 is 2.00 bits per heavy atom. The van der Waals surface area contributed by atoms with Crippen LogP contribution in [-0.4, -0.2) is 31.2 Å². The number of aromatic amines is 1. The fourth-order valence-corrected chi connectivity index (χ4v) is 3.16. The highest BCUT2D eigenvalue weighted by molar-refractivity contribution is 5.92. The lowest BCUT2D eigenvalue weighted by atomic mass is 10.0. The van der Waals surface area contributed by atoms with Crippen LogP contribution in [0, 0.1) is 0 Å². The number of H-pyrrole nitrogens is 1. The van der Waals surface area contributed by atoms with Crippen molar-refractivity contribution in [2.75, 3.05) is 20.3 Å². The summed E-state index contributed by atoms with van der Waals surface area (Å²) in [7, 11) is 1.66. The van der Waals surface area contributed by atoms with Gasteiger partial charge < -0.3 is 19.8 Å². The third-order valence-electron chi connectivity index (χ3n) is 4.32. The van der Waals surface area contributed by atoms with Crippen LogP contribution in [0.25, 0.3) is 22.2 Å². The highest BCUT2D eigenvalue weighted by Gasteiger charge is 2.17. The van der Waals surface area contributed by atoms with Gasteiger partial charge in [-0.1, -0.05) is 12.1 Å². The van der Waals surface area contributed by atoms with Crippen LogP contribution in [0.15, 0.2) is 42.5 Å². The highest BCUT2D eigenvalue weighted by atomic mass is 16.5. The van der Waals surface area contributed by atoms with Crippen LogP contribution in [0.4, 0.5) is 0 Å². The summed E-state index contributed by atoms with van der Waals surface area (Å²) in [4.78, 5) is 14.8. The fourth-order valence-electron chi connectivity index (χ4n) is 3.16. The van der Waals surface area contributed by atoms with Gasteiger partial charge in [0, 0.05) is 29.9 Å². The number of carbonyl (C=O) groups is 1. The zero-order valence-electron chi connectivity index (χ0n) is 15.4. The zero-order valence-corrected chi connectivity index (χ0v) is 15.4. The van der Waals surface area contributed by atoms with Crippen LogP contribution in [0.2, 0.25) is 0 Å². The number of benzene rings is 2. The number of hydrogen-bond acceptors (Lipinski definition) is 3. The summed E-state index contributed by atoms with van der Waals surface area (Å²) in [5, 5.41) is 3.97. The summed E-state index contributed by atoms with van der Waals surface area (Å²) >= 11 is 0. The van der Waals surface area contributed by atoms with Crippen molar-refractivity contribution in [3.05, 3.63) is 48.0 Å². The number of methoxy groups -OCH3 is 1. The number of nitrogens with one attached hydrogen (secondary N) is 2. The molecule has 0 saturated carbocycles. The van der Waals surface area contributed by atoms with Crippen LogP contribution in [0.3, 0.4) is 0 Å². The standard InChI is InChI=1S/C21H24N2O3/c1-4-26-20-8-6-5-7-17(20)21-16(11-12-22-14(2)24)18-13-15(25-3)9-10-19(18)23-21/h5-10,13,23H,4,11-12H2,1-3H3,(H,22,24). The predicted molar refractivity (Wildman–Crippen MR) is 104 cm³/mol. The molecule has 3 aromatic rings. The minimum Gasteiger partial charge on any atom is -0.497 e. The molecule has 0 fully saturated rings. The van der Waals surface area contributed by atoms with Gasteiger partial charge in [-0.25, -0.2) is 0 Å². The average Bonchev–Trinajstić information content (AvgIpc) is 3.00. The van der Waals surface area contributed by atoms with E-state index < -0.39 is 0 Å². The van der Waals surface area contributed by atoms with E-state index in [2.05, 4.69) is 16.4 Å². The molecule has 0 unspecified atom stereocenters. The molecule has 1 aromatic heterocycles. The van der Waals surface area contributed by atoms with E-state index in [-0.39, 0.29) is 5.91 Å². The molecule has 1 amide bonds. The number of fused-ring (bicyclic) bond motifs is 1. The van der Waals surface area contributed by atoms with Crippen molar-refractivity contribution in [2.45, 2.75) is 20.3 Å². The van der Waals surface area contributed by atoms with Gasteiger partial charge in [-0.15, -0.1) is 0 Å². The molecule has 0 bridgehead atoms. The van der Waals surface area contributed by atoms with Gasteiger partial charge >= 0.3 is 0 Å². The molecule has 0 atom stereocenters. The van der Waals surface area contributed by atoms with Crippen LogP contribution >= 0.6 is 0 Å². The van der Waals surface area contributed by atoms with Crippen molar-refractivity contribution in [3.63, 3.8) is 0 Å². The first-order valence-electron chi connectivity index (χ1n) is 8.79. The Morgan fingerprint density at radius 3 is 2.73 bits per heavy atom. The van der Waals surface area contributed by atoms with E-state index in [9.17, 15) is 4.79 Å². The van der Waals surface area contributed by atoms with Gasteiger partial charge in [-0.3, -0.25) is 4.79 Å². The Kier molecular flexibility index (Phi) is 5.46. The van der Waals surface area contributed by atoms with E-state index >= 15 is 0 Å². The minimum absolute atomic E-state index is 0.0290. The number of hydrogen-bond donors (Lipinski definition) is 2. The van der Waals surface area contributed by atoms with Crippen molar-refractivity contribution < 1.29 is 14.3 Å². The number of para-hydroxylation sites is 1. The summed E-state index contributed by atoms with van der Waals surface area (Å²) in [5.41, 5.74) is 4.20. The maximum absolute atomic E-state index is 11.3. The Balaban J connectivity index is 2.12. The molecule has 0 radical (unpaired) electrons. The predicted octanol–water partition coefficient (Wildman–Crippen LogP) is 3.92. The third-order valence-corrected chi connectivity index (χ3v) is 4.32. The first-order valence-corrected chi connectivity index (χ1v) is 8.79. The Bertz CT molecular complexity index is 915. The van der Waals surface area contributed by atoms with Crippen LogP contribution in [0.5, 0.6) is 11.5 Å². The van der Waals surface area contributed by atoms with Gasteiger partial charge in [0.2, 0.25) is 5.91 Å². The molecule has 136 valence electrons. The van der Waals surface area contributed by atoms with Crippen molar-refractivity contribution >= 4 is 16.8 Å². The molecule has 5 nitrogen and oxygen atoms in total. The molecule has 2 N–H and O–H groups in total. The van der Waals surface area contributed by atoms with E-state index in [4.69, 9.17) is 9.47 Å². The lowest BCUT2D eigenvalue weighted by molar-refractivity contribution is -0.118. The first-order chi connectivity index (χ1) is 12.6. The lowest BCUT2D eigenvalue weighted by Gasteiger charge is -2.11. The Labute approximate surface area is 153 Å². The molecular formula is C21H24N2O3. The summed E-state index contributed by atoms with van der Waals surface area (Å²) in [6, 6.07) is 14.0. The smallest absolute Gasteiger partial charge is 0.216 e. The molecule has 0 aliphatic heterocycles. The second-order valence-corrected chi connectivity index (χ2v) is 6.05. The molecule has 26 heavy (non-hydrogen) atoms. The van der Waals surface area contributed by atoms with Crippen molar-refractivity contribution in [1.82, 2.24) is 10.3 Å². The number of aromatic nitrogens is 1. The number of carbonyl (C=O) groups excluding carboxylic acids is 1. The largest absolute Gasteiger partial charge is 0.497 e. The maximum Gasteiger partial charge on any atom is 0.216 e. The highest BCUT2D eigenvalue weighted by Crippen LogP contribution is 2.37. The topological polar surface area (TPSA) is 63.4 Å². The number of ether oxygens (including phenoxy) is 2. The molecule has 3 rings (SSSR count). The van der Waals surface area contributed by atoms with Crippen molar-refractivity contribution in [2.24, 2.45) is 0 Å². The summed E-state index contributed by atoms with van der Waals surface area (Å²) in [6.45, 7) is 4.68. The van der Waals surface area contributed by atoms with E-state index in [1.165, 1.54) is 6.92 Å². The van der Waals surface area contributed by atoms with Crippen molar-refractivity contribution in [1.29, 1.82) is 0 Å². The first kappa shape index (κ1) is 17.9. The normalized spacial score (nSPS) is 10.7. The van der Waals surface area contributed by atoms with Crippen molar-refractivity contribution in [3.8, 4) is 22.8 Å². The van der Waals surface area contributed by atoms with E-state index in [1.54, 1.807) is 7.11 Å². The Morgan fingerprint density at radius 1 is 1.19 bits per heavy atom. The van der Waals surface area contributed by atoms with Crippen LogP contribution < -0.4 is 14.8 Å². The molecule has 0 aliphatic carbocycles. The zero-order chi connectivity index (χ0) is 18.5. The Hall–Kier alpha value is -2.95. The monoisotopic (exact) mass is 352 g/mol. The average molecular weight is 352 g/mol. The molecule has 1 heterocycles. The van der Waals surface area contributed by atoms with Crippen LogP contribution in [0.1, 0.15) is 19.4 Å². The van der Waals surface area contributed by atoms with E-state index in [0.29, 0.717) is 19.6 Å². The summed E-state index contributed by atoms with van der Waals surface area (Å²) in [5.74, 6) is 1.62. The van der Waals surface area contributed by atoms with Crippen LogP contribution in [-0.2, 0) is 11.2 Å². The second-order valence-electron chi connectivity index (χ2n) is 6.05. The summed E-state index contributed by atoms with van der Waals surface area (Å²) in [6.07, 6.45) is 0.711.